The molecule has 24 heavy (non-hydrogen) atoms. The number of rotatable bonds is 5. The predicted molar refractivity (Wildman–Crippen MR) is 95.4 cm³/mol. The van der Waals surface area contributed by atoms with Gasteiger partial charge in [0.25, 0.3) is 0 Å². The smallest absolute Gasteiger partial charge is 0.227 e. The molecule has 1 N–H and O–H groups in total. The van der Waals surface area contributed by atoms with Crippen LogP contribution in [0, 0.1) is 11.8 Å². The van der Waals surface area contributed by atoms with Gasteiger partial charge in [-0.25, -0.2) is 0 Å². The molecular weight excluding hydrogens is 300 g/mol. The lowest BCUT2D eigenvalue weighted by Crippen LogP contribution is -2.47. The summed E-state index contributed by atoms with van der Waals surface area (Å²) in [5, 5.41) is 10.8. The van der Waals surface area contributed by atoms with Crippen molar-refractivity contribution in [2.75, 3.05) is 26.7 Å². The first-order chi connectivity index (χ1) is 11.5. The molecule has 1 aliphatic carbocycles. The van der Waals surface area contributed by atoms with Crippen LogP contribution in [-0.2, 0) is 11.3 Å². The molecule has 1 aliphatic heterocycles. The van der Waals surface area contributed by atoms with Gasteiger partial charge in [-0.15, -0.1) is 0 Å². The van der Waals surface area contributed by atoms with Gasteiger partial charge in [-0.2, -0.15) is 0 Å². The van der Waals surface area contributed by atoms with E-state index >= 15 is 0 Å². The minimum Gasteiger partial charge on any atom is -0.388 e. The maximum absolute atomic E-state index is 13.2. The standard InChI is InChI=1S/C20H30N2O2/c1-16-12-21(2)14-18(16)19(23)22(13-17-8-4-3-5-9-17)15-20(24)10-6-7-11-20/h3-5,8-9,16,18,24H,6-7,10-15H2,1-2H3/t16-,18+/m1/s1. The molecule has 2 fully saturated rings. The molecule has 1 saturated heterocycles. The Morgan fingerprint density at radius 1 is 1.25 bits per heavy atom. The number of benzene rings is 1. The summed E-state index contributed by atoms with van der Waals surface area (Å²) in [5.41, 5.74) is 0.435. The minimum absolute atomic E-state index is 0.0451. The van der Waals surface area contributed by atoms with Crippen molar-refractivity contribution >= 4 is 5.91 Å². The van der Waals surface area contributed by atoms with Crippen molar-refractivity contribution < 1.29 is 9.90 Å². The largest absolute Gasteiger partial charge is 0.388 e. The zero-order chi connectivity index (χ0) is 17.2. The van der Waals surface area contributed by atoms with Crippen molar-refractivity contribution in [3.8, 4) is 0 Å². The molecule has 4 nitrogen and oxygen atoms in total. The highest BCUT2D eigenvalue weighted by Crippen LogP contribution is 2.32. The third-order valence-electron chi connectivity index (χ3n) is 5.66. The number of likely N-dealkylation sites (tertiary alicyclic amines) is 1. The summed E-state index contributed by atoms with van der Waals surface area (Å²) in [4.78, 5) is 17.4. The summed E-state index contributed by atoms with van der Waals surface area (Å²) in [6.45, 7) is 5.02. The molecule has 0 bridgehead atoms. The average Bonchev–Trinajstić information content (AvgIpc) is 3.12. The first kappa shape index (κ1) is 17.4. The fraction of sp³-hybridized carbons (Fsp3) is 0.650. The highest BCUT2D eigenvalue weighted by atomic mass is 16.3. The molecule has 2 atom stereocenters. The van der Waals surface area contributed by atoms with Crippen LogP contribution in [0.1, 0.15) is 38.2 Å². The molecule has 3 rings (SSSR count). The Kier molecular flexibility index (Phi) is 5.26. The SMILES string of the molecule is C[C@@H]1CN(C)C[C@@H]1C(=O)N(Cc1ccccc1)CC1(O)CCCC1. The molecule has 0 aromatic heterocycles. The number of hydrogen-bond acceptors (Lipinski definition) is 3. The molecule has 0 radical (unpaired) electrons. The Bertz CT molecular complexity index is 554. The summed E-state index contributed by atoms with van der Waals surface area (Å²) < 4.78 is 0. The van der Waals surface area contributed by atoms with E-state index in [2.05, 4.69) is 31.0 Å². The Balaban J connectivity index is 1.77. The molecular formula is C20H30N2O2. The molecule has 1 heterocycles. The molecule has 132 valence electrons. The van der Waals surface area contributed by atoms with Crippen LogP contribution in [0.5, 0.6) is 0 Å². The highest BCUT2D eigenvalue weighted by Gasteiger charge is 2.39. The minimum atomic E-state index is -0.696. The second kappa shape index (κ2) is 7.24. The third kappa shape index (κ3) is 3.98. The van der Waals surface area contributed by atoms with E-state index in [1.165, 1.54) is 0 Å². The van der Waals surface area contributed by atoms with Crippen LogP contribution >= 0.6 is 0 Å². The third-order valence-corrected chi connectivity index (χ3v) is 5.66. The van der Waals surface area contributed by atoms with Gasteiger partial charge >= 0.3 is 0 Å². The summed E-state index contributed by atoms with van der Waals surface area (Å²) in [5.74, 6) is 0.624. The molecule has 0 spiro atoms. The molecule has 1 aromatic carbocycles. The fourth-order valence-corrected chi connectivity index (χ4v) is 4.33. The zero-order valence-electron chi connectivity index (χ0n) is 14.9. The molecule has 0 unspecified atom stereocenters. The van der Waals surface area contributed by atoms with Crippen molar-refractivity contribution in [2.24, 2.45) is 11.8 Å². The van der Waals surface area contributed by atoms with Crippen LogP contribution in [0.2, 0.25) is 0 Å². The van der Waals surface area contributed by atoms with E-state index in [4.69, 9.17) is 0 Å². The summed E-state index contributed by atoms with van der Waals surface area (Å²) in [7, 11) is 2.08. The molecule has 1 saturated carbocycles. The van der Waals surface area contributed by atoms with Crippen molar-refractivity contribution in [1.82, 2.24) is 9.80 Å². The maximum atomic E-state index is 13.2. The van der Waals surface area contributed by atoms with Gasteiger partial charge in [-0.05, 0) is 31.4 Å². The normalized spacial score (nSPS) is 26.6. The van der Waals surface area contributed by atoms with E-state index in [0.717, 1.165) is 44.3 Å². The van der Waals surface area contributed by atoms with Crippen molar-refractivity contribution in [1.29, 1.82) is 0 Å². The van der Waals surface area contributed by atoms with E-state index < -0.39 is 5.60 Å². The fourth-order valence-electron chi connectivity index (χ4n) is 4.33. The number of carbonyl (C=O) groups is 1. The predicted octanol–water partition coefficient (Wildman–Crippen LogP) is 2.52. The highest BCUT2D eigenvalue weighted by molar-refractivity contribution is 5.80. The maximum Gasteiger partial charge on any atom is 0.227 e. The van der Waals surface area contributed by atoms with Gasteiger partial charge in [0.05, 0.1) is 11.5 Å². The second-order valence-electron chi connectivity index (χ2n) is 7.92. The lowest BCUT2D eigenvalue weighted by Gasteiger charge is -2.34. The van der Waals surface area contributed by atoms with E-state index in [-0.39, 0.29) is 11.8 Å². The monoisotopic (exact) mass is 330 g/mol. The molecule has 1 amide bonds. The number of aliphatic hydroxyl groups is 1. The Morgan fingerprint density at radius 3 is 2.50 bits per heavy atom. The first-order valence-electron chi connectivity index (χ1n) is 9.20. The van der Waals surface area contributed by atoms with Crippen LogP contribution in [0.4, 0.5) is 0 Å². The van der Waals surface area contributed by atoms with Crippen LogP contribution < -0.4 is 0 Å². The van der Waals surface area contributed by atoms with E-state index in [0.29, 0.717) is 19.0 Å². The van der Waals surface area contributed by atoms with E-state index in [1.807, 2.05) is 23.1 Å². The number of nitrogens with zero attached hydrogens (tertiary/aromatic N) is 2. The van der Waals surface area contributed by atoms with Crippen molar-refractivity contribution in [2.45, 2.75) is 44.8 Å². The van der Waals surface area contributed by atoms with Gasteiger partial charge in [-0.1, -0.05) is 50.1 Å². The van der Waals surface area contributed by atoms with Gasteiger partial charge in [0.1, 0.15) is 0 Å². The van der Waals surface area contributed by atoms with Crippen LogP contribution in [0.3, 0.4) is 0 Å². The number of amides is 1. The van der Waals surface area contributed by atoms with Crippen molar-refractivity contribution in [3.63, 3.8) is 0 Å². The summed E-state index contributed by atoms with van der Waals surface area (Å²) in [6, 6.07) is 10.1. The lowest BCUT2D eigenvalue weighted by atomic mass is 9.94. The van der Waals surface area contributed by atoms with Crippen LogP contribution in [-0.4, -0.2) is 53.1 Å². The molecule has 2 aliphatic rings. The van der Waals surface area contributed by atoms with Gasteiger partial charge in [-0.3, -0.25) is 4.79 Å². The van der Waals surface area contributed by atoms with Gasteiger partial charge in [0, 0.05) is 26.2 Å². The number of carbonyl (C=O) groups excluding carboxylic acids is 1. The van der Waals surface area contributed by atoms with Gasteiger partial charge in [0.2, 0.25) is 5.91 Å². The first-order valence-corrected chi connectivity index (χ1v) is 9.20. The lowest BCUT2D eigenvalue weighted by molar-refractivity contribution is -0.140. The Hall–Kier alpha value is -1.39. The molecule has 4 heteroatoms. The second-order valence-corrected chi connectivity index (χ2v) is 7.92. The quantitative estimate of drug-likeness (QED) is 0.902. The zero-order valence-corrected chi connectivity index (χ0v) is 14.9. The van der Waals surface area contributed by atoms with Gasteiger partial charge < -0.3 is 14.9 Å². The van der Waals surface area contributed by atoms with Crippen LogP contribution in [0.15, 0.2) is 30.3 Å². The summed E-state index contributed by atoms with van der Waals surface area (Å²) in [6.07, 6.45) is 3.75. The van der Waals surface area contributed by atoms with Crippen molar-refractivity contribution in [3.05, 3.63) is 35.9 Å². The van der Waals surface area contributed by atoms with Gasteiger partial charge in [0.15, 0.2) is 0 Å². The number of hydrogen-bond donors (Lipinski definition) is 1. The van der Waals surface area contributed by atoms with E-state index in [1.54, 1.807) is 0 Å². The van der Waals surface area contributed by atoms with E-state index in [9.17, 15) is 9.90 Å². The summed E-state index contributed by atoms with van der Waals surface area (Å²) >= 11 is 0. The average molecular weight is 330 g/mol. The molecule has 1 aromatic rings. The van der Waals surface area contributed by atoms with Crippen LogP contribution in [0.25, 0.3) is 0 Å². The Labute approximate surface area is 145 Å². The topological polar surface area (TPSA) is 43.8 Å². The Morgan fingerprint density at radius 2 is 1.92 bits per heavy atom.